The van der Waals surface area contributed by atoms with Crippen molar-refractivity contribution in [3.63, 3.8) is 0 Å². The lowest BCUT2D eigenvalue weighted by atomic mass is 10.1. The number of methoxy groups -OCH3 is 2. The van der Waals surface area contributed by atoms with Crippen LogP contribution >= 0.6 is 0 Å². The minimum atomic E-state index is -0.479. The van der Waals surface area contributed by atoms with Crippen molar-refractivity contribution >= 4 is 11.7 Å². The number of carbonyl (C=O) groups is 2. The number of nitrogens with one attached hydrogen (secondary N) is 1. The van der Waals surface area contributed by atoms with Gasteiger partial charge in [-0.3, -0.25) is 14.8 Å². The number of hydrogen-bond acceptors (Lipinski definition) is 6. The molecule has 0 spiro atoms. The average Bonchev–Trinajstić information content (AvgIpc) is 3.38. The molecule has 0 aliphatic carbocycles. The van der Waals surface area contributed by atoms with E-state index in [4.69, 9.17) is 14.7 Å². The molecule has 7 heteroatoms. The van der Waals surface area contributed by atoms with Crippen molar-refractivity contribution in [3.8, 4) is 11.5 Å². The molecule has 1 fully saturated rings. The first-order valence-corrected chi connectivity index (χ1v) is 11.9. The molecule has 1 amide bonds. The van der Waals surface area contributed by atoms with Crippen LogP contribution in [-0.2, 0) is 11.2 Å². The van der Waals surface area contributed by atoms with Gasteiger partial charge >= 0.3 is 0 Å². The van der Waals surface area contributed by atoms with Gasteiger partial charge in [-0.15, -0.1) is 0 Å². The second kappa shape index (κ2) is 15.1. The fraction of sp³-hybridized carbons (Fsp3) is 0.481. The number of hydrogen-bond donors (Lipinski definition) is 2. The summed E-state index contributed by atoms with van der Waals surface area (Å²) >= 11 is 0. The summed E-state index contributed by atoms with van der Waals surface area (Å²) in [6.07, 6.45) is 6.06. The lowest BCUT2D eigenvalue weighted by Gasteiger charge is -2.14. The highest BCUT2D eigenvalue weighted by Crippen LogP contribution is 2.19. The van der Waals surface area contributed by atoms with Crippen LogP contribution in [-0.4, -0.2) is 55.7 Å². The molecule has 0 unspecified atom stereocenters. The second-order valence-corrected chi connectivity index (χ2v) is 8.50. The lowest BCUT2D eigenvalue weighted by molar-refractivity contribution is -0.129. The van der Waals surface area contributed by atoms with E-state index in [0.29, 0.717) is 17.7 Å². The maximum absolute atomic E-state index is 11.7. The Morgan fingerprint density at radius 1 is 0.971 bits per heavy atom. The highest BCUT2D eigenvalue weighted by atomic mass is 16.5. The van der Waals surface area contributed by atoms with Crippen molar-refractivity contribution < 1.29 is 24.3 Å². The highest BCUT2D eigenvalue weighted by Gasteiger charge is 2.10. The third-order valence-corrected chi connectivity index (χ3v) is 5.94. The molecule has 7 nitrogen and oxygen atoms in total. The van der Waals surface area contributed by atoms with E-state index in [9.17, 15) is 9.59 Å². The van der Waals surface area contributed by atoms with Crippen molar-refractivity contribution in [2.75, 3.05) is 33.9 Å². The average molecular weight is 471 g/mol. The summed E-state index contributed by atoms with van der Waals surface area (Å²) in [6.45, 7) is 5.98. The van der Waals surface area contributed by atoms with Crippen LogP contribution in [0.4, 0.5) is 0 Å². The van der Waals surface area contributed by atoms with Crippen molar-refractivity contribution in [1.29, 1.82) is 0 Å². The summed E-state index contributed by atoms with van der Waals surface area (Å²) < 4.78 is 10.3. The number of carbonyl (C=O) groups excluding carboxylic acids is 2. The Morgan fingerprint density at radius 3 is 2.26 bits per heavy atom. The van der Waals surface area contributed by atoms with Crippen LogP contribution < -0.4 is 15.0 Å². The van der Waals surface area contributed by atoms with E-state index in [1.807, 2.05) is 0 Å². The summed E-state index contributed by atoms with van der Waals surface area (Å²) in [7, 11) is 3.29. The molecule has 34 heavy (non-hydrogen) atoms. The van der Waals surface area contributed by atoms with E-state index < -0.39 is 5.91 Å². The number of Topliss-reactive ketones (excluding diaryl/α,β-unsaturated/α-hetero) is 1. The minimum Gasteiger partial charge on any atom is -0.497 e. The molecule has 2 N–H and O–H groups in total. The maximum Gasteiger partial charge on any atom is 0.243 e. The smallest absolute Gasteiger partial charge is 0.243 e. The molecule has 3 rings (SSSR count). The van der Waals surface area contributed by atoms with Gasteiger partial charge < -0.3 is 14.4 Å². The monoisotopic (exact) mass is 470 g/mol. The molecule has 186 valence electrons. The predicted octanol–water partition coefficient (Wildman–Crippen LogP) is 4.59. The largest absolute Gasteiger partial charge is 0.497 e. The van der Waals surface area contributed by atoms with Crippen LogP contribution in [0.5, 0.6) is 11.5 Å². The molecule has 0 radical (unpaired) electrons. The van der Waals surface area contributed by atoms with Gasteiger partial charge in [0.1, 0.15) is 11.5 Å². The van der Waals surface area contributed by atoms with Gasteiger partial charge in [-0.25, -0.2) is 5.48 Å². The second-order valence-electron chi connectivity index (χ2n) is 8.50. The van der Waals surface area contributed by atoms with Gasteiger partial charge in [0.25, 0.3) is 0 Å². The van der Waals surface area contributed by atoms with Crippen LogP contribution in [0.1, 0.15) is 60.0 Å². The number of rotatable bonds is 11. The molecule has 2 aromatic carbocycles. The highest BCUT2D eigenvalue weighted by molar-refractivity contribution is 5.96. The molecular weight excluding hydrogens is 432 g/mol. The molecular formula is C27H38N2O5. The zero-order chi connectivity index (χ0) is 24.8. The van der Waals surface area contributed by atoms with Crippen LogP contribution in [0.2, 0.25) is 0 Å². The topological polar surface area (TPSA) is 88.1 Å². The van der Waals surface area contributed by atoms with E-state index in [-0.39, 0.29) is 18.6 Å². The summed E-state index contributed by atoms with van der Waals surface area (Å²) in [4.78, 5) is 25.0. The number of nitrogens with zero attached hydrogens (tertiary/aromatic N) is 1. The molecule has 0 saturated carbocycles. The van der Waals surface area contributed by atoms with Gasteiger partial charge in [0.15, 0.2) is 5.78 Å². The lowest BCUT2D eigenvalue weighted by Crippen LogP contribution is -2.20. The third kappa shape index (κ3) is 9.53. The number of likely N-dealkylation sites (tertiary alicyclic amines) is 1. The van der Waals surface area contributed by atoms with E-state index in [1.165, 1.54) is 61.9 Å². The first-order valence-electron chi connectivity index (χ1n) is 11.9. The fourth-order valence-electron chi connectivity index (χ4n) is 4.00. The van der Waals surface area contributed by atoms with Crippen LogP contribution in [0, 0.1) is 6.92 Å². The fourth-order valence-corrected chi connectivity index (χ4v) is 4.00. The standard InChI is InChI=1S/C15H23NO.C12H15NO4/c1-13-12-14(7-8-15(13)17-2)6-5-11-16-9-3-4-10-16;1-17-10-7-5-9(6-8-10)11(14)3-2-4-12(15)13-16/h7-8,12H,3-6,9-11H2,1-2H3;5-8,16H,2-4H2,1H3,(H,13,15). The van der Waals surface area contributed by atoms with E-state index in [0.717, 1.165) is 5.75 Å². The van der Waals surface area contributed by atoms with Crippen molar-refractivity contribution in [3.05, 3.63) is 59.2 Å². The van der Waals surface area contributed by atoms with E-state index in [1.54, 1.807) is 38.5 Å². The summed E-state index contributed by atoms with van der Waals surface area (Å²) in [6, 6.07) is 13.3. The summed E-state index contributed by atoms with van der Waals surface area (Å²) in [5, 5.41) is 8.28. The zero-order valence-electron chi connectivity index (χ0n) is 20.6. The van der Waals surface area contributed by atoms with Crippen molar-refractivity contribution in [1.82, 2.24) is 10.4 Å². The quantitative estimate of drug-likeness (QED) is 0.284. The normalized spacial score (nSPS) is 13.1. The van der Waals surface area contributed by atoms with Gasteiger partial charge in [-0.05, 0) is 100 Å². The molecule has 1 saturated heterocycles. The van der Waals surface area contributed by atoms with Crippen LogP contribution in [0.3, 0.4) is 0 Å². The molecule has 1 aliphatic rings. The first-order chi connectivity index (χ1) is 16.5. The Hall–Kier alpha value is -2.90. The van der Waals surface area contributed by atoms with Crippen LogP contribution in [0.25, 0.3) is 0 Å². The predicted molar refractivity (Wildman–Crippen MR) is 133 cm³/mol. The van der Waals surface area contributed by atoms with Crippen molar-refractivity contribution in [2.24, 2.45) is 0 Å². The molecule has 0 bridgehead atoms. The SMILES string of the molecule is COc1ccc(C(=O)CCCC(=O)NO)cc1.COc1ccc(CCCN2CCCC2)cc1C. The number of benzene rings is 2. The van der Waals surface area contributed by atoms with Crippen molar-refractivity contribution in [2.45, 2.75) is 51.9 Å². The third-order valence-electron chi connectivity index (χ3n) is 5.94. The van der Waals surface area contributed by atoms with Gasteiger partial charge in [0.05, 0.1) is 14.2 Å². The molecule has 0 aromatic heterocycles. The van der Waals surface area contributed by atoms with Crippen LogP contribution in [0.15, 0.2) is 42.5 Å². The molecule has 2 aromatic rings. The number of ketones is 1. The molecule has 0 atom stereocenters. The minimum absolute atomic E-state index is 0.0293. The Kier molecular flexibility index (Phi) is 12.1. The Bertz CT molecular complexity index is 892. The zero-order valence-corrected chi connectivity index (χ0v) is 20.6. The Morgan fingerprint density at radius 2 is 1.68 bits per heavy atom. The number of hydroxylamine groups is 1. The van der Waals surface area contributed by atoms with E-state index >= 15 is 0 Å². The number of ether oxygens (including phenoxy) is 2. The van der Waals surface area contributed by atoms with Gasteiger partial charge in [-0.2, -0.15) is 0 Å². The first kappa shape index (κ1) is 27.3. The van der Waals surface area contributed by atoms with Gasteiger partial charge in [-0.1, -0.05) is 12.1 Å². The number of amides is 1. The Balaban J connectivity index is 0.000000240. The van der Waals surface area contributed by atoms with Gasteiger partial charge in [0, 0.05) is 18.4 Å². The van der Waals surface area contributed by atoms with E-state index in [2.05, 4.69) is 30.0 Å². The summed E-state index contributed by atoms with van der Waals surface area (Å²) in [5.74, 6) is 1.18. The van der Waals surface area contributed by atoms with Gasteiger partial charge in [0.2, 0.25) is 5.91 Å². The Labute approximate surface area is 203 Å². The molecule has 1 heterocycles. The summed E-state index contributed by atoms with van der Waals surface area (Å²) in [5.41, 5.74) is 4.79. The maximum atomic E-state index is 11.7. The number of aryl methyl sites for hydroxylation is 2. The molecule has 1 aliphatic heterocycles.